The van der Waals surface area contributed by atoms with E-state index in [2.05, 4.69) is 4.98 Å². The van der Waals surface area contributed by atoms with E-state index in [-0.39, 0.29) is 30.9 Å². The predicted molar refractivity (Wildman–Crippen MR) is 104 cm³/mol. The van der Waals surface area contributed by atoms with E-state index >= 15 is 0 Å². The molecule has 0 atom stereocenters. The number of carbonyl (C=O) groups excluding carboxylic acids is 2. The Hall–Kier alpha value is -3.42. The molecule has 0 aliphatic rings. The molecule has 0 aliphatic carbocycles. The van der Waals surface area contributed by atoms with Gasteiger partial charge in [0.15, 0.2) is 5.78 Å². The molecule has 0 bridgehead atoms. The van der Waals surface area contributed by atoms with Crippen molar-refractivity contribution in [2.24, 2.45) is 0 Å². The molecule has 5 nitrogen and oxygen atoms in total. The van der Waals surface area contributed by atoms with E-state index in [1.54, 1.807) is 25.1 Å². The summed E-state index contributed by atoms with van der Waals surface area (Å²) in [5.41, 5.74) is 0.639. The Morgan fingerprint density at radius 2 is 1.67 bits per heavy atom. The van der Waals surface area contributed by atoms with Crippen molar-refractivity contribution in [1.29, 1.82) is 0 Å². The first kappa shape index (κ1) is 21.3. The molecule has 3 aromatic rings. The van der Waals surface area contributed by atoms with Crippen molar-refractivity contribution >= 4 is 22.7 Å². The molecule has 8 heteroatoms. The lowest BCUT2D eigenvalue weighted by Crippen LogP contribution is -2.09. The third-order valence-corrected chi connectivity index (χ3v) is 4.47. The Morgan fingerprint density at radius 1 is 1.00 bits per heavy atom. The van der Waals surface area contributed by atoms with E-state index < -0.39 is 23.5 Å². The summed E-state index contributed by atoms with van der Waals surface area (Å²) in [4.78, 5) is 28.0. The zero-order chi connectivity index (χ0) is 21.9. The van der Waals surface area contributed by atoms with Crippen LogP contribution in [0.3, 0.4) is 0 Å². The van der Waals surface area contributed by atoms with Crippen molar-refractivity contribution in [2.45, 2.75) is 25.9 Å². The van der Waals surface area contributed by atoms with Gasteiger partial charge in [-0.05, 0) is 42.3 Å². The van der Waals surface area contributed by atoms with E-state index in [0.717, 1.165) is 12.1 Å². The lowest BCUT2D eigenvalue weighted by atomic mass is 10.0. The van der Waals surface area contributed by atoms with Crippen molar-refractivity contribution < 1.29 is 32.6 Å². The number of halogens is 3. The first-order valence-electron chi connectivity index (χ1n) is 9.19. The summed E-state index contributed by atoms with van der Waals surface area (Å²) < 4.78 is 43.0. The third kappa shape index (κ3) is 4.76. The molecule has 1 aromatic heterocycles. The van der Waals surface area contributed by atoms with Gasteiger partial charge in [0, 0.05) is 11.8 Å². The number of hydrogen-bond acceptors (Lipinski definition) is 5. The summed E-state index contributed by atoms with van der Waals surface area (Å²) in [7, 11) is 0. The van der Waals surface area contributed by atoms with Crippen molar-refractivity contribution in [3.05, 3.63) is 59.8 Å². The number of aromatic hydroxyl groups is 1. The number of ether oxygens (including phenoxy) is 1. The van der Waals surface area contributed by atoms with Crippen LogP contribution in [0.2, 0.25) is 0 Å². The summed E-state index contributed by atoms with van der Waals surface area (Å²) in [6.07, 6.45) is -4.71. The van der Waals surface area contributed by atoms with Gasteiger partial charge in [-0.15, -0.1) is 0 Å². The van der Waals surface area contributed by atoms with Gasteiger partial charge >= 0.3 is 12.1 Å². The van der Waals surface area contributed by atoms with Gasteiger partial charge in [0.2, 0.25) is 0 Å². The molecule has 1 N–H and O–H groups in total. The fraction of sp³-hybridized carbons (Fsp3) is 0.227. The standard InChI is InChI=1S/C22H18F3NO4/c1-2-30-20(29)10-9-18(27)21-19(28)12-15-4-3-14(11-17(15)26-21)13-5-7-16(8-6-13)22(23,24)25/h3-8,11-12,28H,2,9-10H2,1H3. The Morgan fingerprint density at radius 3 is 2.30 bits per heavy atom. The second-order valence-corrected chi connectivity index (χ2v) is 6.57. The zero-order valence-electron chi connectivity index (χ0n) is 16.0. The van der Waals surface area contributed by atoms with Crippen molar-refractivity contribution in [2.75, 3.05) is 6.61 Å². The van der Waals surface area contributed by atoms with Gasteiger partial charge in [-0.2, -0.15) is 13.2 Å². The van der Waals surface area contributed by atoms with Crippen LogP contribution in [0.4, 0.5) is 13.2 Å². The number of aromatic nitrogens is 1. The average molecular weight is 417 g/mol. The fourth-order valence-electron chi connectivity index (χ4n) is 2.96. The number of alkyl halides is 3. The minimum Gasteiger partial charge on any atom is -0.506 e. The Balaban J connectivity index is 1.89. The number of nitrogens with zero attached hydrogens (tertiary/aromatic N) is 1. The van der Waals surface area contributed by atoms with Gasteiger partial charge in [0.05, 0.1) is 24.1 Å². The number of pyridine rings is 1. The summed E-state index contributed by atoms with van der Waals surface area (Å²) >= 11 is 0. The number of hydrogen-bond donors (Lipinski definition) is 1. The molecule has 0 saturated carbocycles. The second kappa shape index (κ2) is 8.52. The van der Waals surface area contributed by atoms with Crippen LogP contribution in [0, 0.1) is 0 Å². The van der Waals surface area contributed by atoms with Crippen LogP contribution in [0.15, 0.2) is 48.5 Å². The third-order valence-electron chi connectivity index (χ3n) is 4.47. The highest BCUT2D eigenvalue weighted by atomic mass is 19.4. The van der Waals surface area contributed by atoms with E-state index in [1.165, 1.54) is 18.2 Å². The number of ketones is 1. The SMILES string of the molecule is CCOC(=O)CCC(=O)c1nc2cc(-c3ccc(C(F)(F)F)cc3)ccc2cc1O. The first-order chi connectivity index (χ1) is 14.2. The minimum absolute atomic E-state index is 0.128. The van der Waals surface area contributed by atoms with Gasteiger partial charge in [-0.1, -0.05) is 24.3 Å². The van der Waals surface area contributed by atoms with Gasteiger partial charge in [-0.25, -0.2) is 4.98 Å². The summed E-state index contributed by atoms with van der Waals surface area (Å²) in [5.74, 6) is -1.34. The largest absolute Gasteiger partial charge is 0.506 e. The highest BCUT2D eigenvalue weighted by molar-refractivity contribution is 6.00. The smallest absolute Gasteiger partial charge is 0.416 e. The van der Waals surface area contributed by atoms with E-state index in [4.69, 9.17) is 4.74 Å². The number of benzene rings is 2. The number of carbonyl (C=O) groups is 2. The molecule has 0 unspecified atom stereocenters. The van der Waals surface area contributed by atoms with Gasteiger partial charge in [0.1, 0.15) is 11.4 Å². The van der Waals surface area contributed by atoms with E-state index in [9.17, 15) is 27.9 Å². The fourth-order valence-corrected chi connectivity index (χ4v) is 2.96. The first-order valence-corrected chi connectivity index (χ1v) is 9.19. The highest BCUT2D eigenvalue weighted by Crippen LogP contribution is 2.32. The molecular formula is C22H18F3NO4. The monoisotopic (exact) mass is 417 g/mol. The van der Waals surface area contributed by atoms with Crippen LogP contribution >= 0.6 is 0 Å². The summed E-state index contributed by atoms with van der Waals surface area (Å²) in [6.45, 7) is 1.86. The summed E-state index contributed by atoms with van der Waals surface area (Å²) in [6, 6.07) is 11.1. The van der Waals surface area contributed by atoms with Gasteiger partial charge in [-0.3, -0.25) is 9.59 Å². The van der Waals surface area contributed by atoms with Crippen molar-refractivity contribution in [3.63, 3.8) is 0 Å². The van der Waals surface area contributed by atoms with Crippen LogP contribution in [-0.2, 0) is 15.7 Å². The molecule has 1 heterocycles. The zero-order valence-corrected chi connectivity index (χ0v) is 16.0. The maximum atomic E-state index is 12.7. The molecule has 30 heavy (non-hydrogen) atoms. The Kier molecular flexibility index (Phi) is 6.05. The lowest BCUT2D eigenvalue weighted by molar-refractivity contribution is -0.143. The van der Waals surface area contributed by atoms with E-state index in [0.29, 0.717) is 22.0 Å². The normalized spacial score (nSPS) is 11.5. The molecule has 3 rings (SSSR count). The number of rotatable bonds is 6. The Bertz CT molecular complexity index is 1090. The Labute approximate surface area is 170 Å². The molecule has 156 valence electrons. The topological polar surface area (TPSA) is 76.5 Å². The minimum atomic E-state index is -4.42. The van der Waals surface area contributed by atoms with Crippen molar-refractivity contribution in [1.82, 2.24) is 4.98 Å². The molecule has 0 aliphatic heterocycles. The number of fused-ring (bicyclic) bond motifs is 1. The second-order valence-electron chi connectivity index (χ2n) is 6.57. The quantitative estimate of drug-likeness (QED) is 0.443. The van der Waals surface area contributed by atoms with Gasteiger partial charge in [0.25, 0.3) is 0 Å². The molecule has 0 saturated heterocycles. The van der Waals surface area contributed by atoms with Crippen LogP contribution < -0.4 is 0 Å². The lowest BCUT2D eigenvalue weighted by Gasteiger charge is -2.09. The maximum absolute atomic E-state index is 12.7. The maximum Gasteiger partial charge on any atom is 0.416 e. The van der Waals surface area contributed by atoms with Crippen LogP contribution in [0.25, 0.3) is 22.0 Å². The highest BCUT2D eigenvalue weighted by Gasteiger charge is 2.30. The molecule has 0 spiro atoms. The summed E-state index contributed by atoms with van der Waals surface area (Å²) in [5, 5.41) is 10.7. The average Bonchev–Trinajstić information content (AvgIpc) is 2.71. The predicted octanol–water partition coefficient (Wildman–Crippen LogP) is 5.15. The van der Waals surface area contributed by atoms with Crippen LogP contribution in [0.5, 0.6) is 5.75 Å². The van der Waals surface area contributed by atoms with Gasteiger partial charge < -0.3 is 9.84 Å². The van der Waals surface area contributed by atoms with Crippen LogP contribution in [0.1, 0.15) is 35.8 Å². The molecule has 2 aromatic carbocycles. The van der Waals surface area contributed by atoms with Crippen molar-refractivity contribution in [3.8, 4) is 16.9 Å². The van der Waals surface area contributed by atoms with Crippen LogP contribution in [-0.4, -0.2) is 28.4 Å². The molecule has 0 fully saturated rings. The molecule has 0 radical (unpaired) electrons. The molecular weight excluding hydrogens is 399 g/mol. The van der Waals surface area contributed by atoms with E-state index in [1.807, 2.05) is 0 Å². The molecule has 0 amide bonds. The number of Topliss-reactive ketones (excluding diaryl/α,β-unsaturated/α-hetero) is 1. The number of esters is 1.